The number of Topliss-reactive ketones (excluding diaryl/α,β-unsaturated/α-hetero) is 1. The van der Waals surface area contributed by atoms with Crippen LogP contribution in [0.5, 0.6) is 5.75 Å². The molecule has 0 radical (unpaired) electrons. The van der Waals surface area contributed by atoms with E-state index in [1.807, 2.05) is 34.9 Å². The zero-order valence-electron chi connectivity index (χ0n) is 32.0. The highest BCUT2D eigenvalue weighted by Crippen LogP contribution is 2.31. The lowest BCUT2D eigenvalue weighted by Gasteiger charge is -2.44. The van der Waals surface area contributed by atoms with E-state index < -0.39 is 144 Å². The van der Waals surface area contributed by atoms with Crippen LogP contribution in [0.4, 0.5) is 87.8 Å². The minimum atomic E-state index is -7.22. The fraction of sp³-hybridized carbons (Fsp3) is 0.0238. The molecule has 7 rings (SSSR count). The van der Waals surface area contributed by atoms with E-state index in [1.165, 1.54) is 0 Å². The molecule has 0 spiro atoms. The predicted octanol–water partition coefficient (Wildman–Crippen LogP) is 8.47. The number of phenols is 1. The lowest BCUT2D eigenvalue weighted by Crippen LogP contribution is -2.81. The van der Waals surface area contributed by atoms with Crippen LogP contribution in [0, 0.1) is 116 Å². The maximum absolute atomic E-state index is 15.4. The number of hydrogen-bond acceptors (Lipinski definition) is 3. The van der Waals surface area contributed by atoms with Crippen LogP contribution >= 0.6 is 0 Å². The standard InChI is InChI=1S/C24BF20.C18H14N2O2/c26-5-1(6(27)14(35)21(42)13(5)34)25(2-7(28)15(36)22(43)16(37)8(2)29,3-9(30)17(38)23(44)18(39)10(3)31)4-11(32)19(40)24(45)20(41)12(4)33;21-16-8-6-14(7-9-16)17-12-19-10-11-20(17)13-18(22)15-4-2-1-3-5-15/h;1-12H,13H2/q-1;/p+1. The Labute approximate surface area is 359 Å². The van der Waals surface area contributed by atoms with Gasteiger partial charge >= 0.3 is 0 Å². The molecule has 7 aromatic rings. The molecular formula is C42H15BF20N2O2. The third kappa shape index (κ3) is 7.94. The lowest BCUT2D eigenvalue weighted by atomic mass is 9.12. The second kappa shape index (κ2) is 18.4. The normalized spacial score (nSPS) is 11.5. The topological polar surface area (TPSA) is 54.1 Å². The molecule has 0 saturated heterocycles. The largest absolute Gasteiger partial charge is 0.508 e. The SMILES string of the molecule is Fc1c(F)c(F)c([B-](c2c(F)c(F)c(F)c(F)c2F)(c2c(F)c(F)c(F)c(F)c2F)c2c(F)c(F)c(F)c(F)c2F)c(F)c1F.O=C(C[n+]1ccncc1-c1ccc(O)cc1)c1ccccc1. The molecule has 0 aliphatic carbocycles. The summed E-state index contributed by atoms with van der Waals surface area (Å²) < 4.78 is 296. The molecule has 1 N–H and O–H groups in total. The highest BCUT2D eigenvalue weighted by Gasteiger charge is 2.52. The van der Waals surface area contributed by atoms with Gasteiger partial charge in [0.15, 0.2) is 76.0 Å². The average molecular weight is 970 g/mol. The Morgan fingerprint density at radius 1 is 0.433 bits per heavy atom. The first kappa shape index (κ1) is 49.0. The lowest BCUT2D eigenvalue weighted by molar-refractivity contribution is -0.672. The summed E-state index contributed by atoms with van der Waals surface area (Å²) in [7, 11) is 0. The number of phenolic OH excluding ortho intramolecular Hbond substituents is 1. The molecular weight excluding hydrogens is 955 g/mol. The molecule has 348 valence electrons. The van der Waals surface area contributed by atoms with Crippen molar-refractivity contribution in [2.75, 3.05) is 0 Å². The predicted molar refractivity (Wildman–Crippen MR) is 192 cm³/mol. The number of hydrogen-bond donors (Lipinski definition) is 1. The molecule has 0 aliphatic rings. The summed E-state index contributed by atoms with van der Waals surface area (Å²) in [5, 5.41) is 9.39. The molecule has 0 fully saturated rings. The van der Waals surface area contributed by atoms with Crippen molar-refractivity contribution >= 4 is 33.8 Å². The van der Waals surface area contributed by atoms with E-state index in [1.54, 1.807) is 42.9 Å². The van der Waals surface area contributed by atoms with Crippen molar-refractivity contribution in [3.05, 3.63) is 195 Å². The van der Waals surface area contributed by atoms with E-state index in [-0.39, 0.29) is 18.1 Å². The van der Waals surface area contributed by atoms with Gasteiger partial charge in [0.1, 0.15) is 58.4 Å². The zero-order valence-corrected chi connectivity index (χ0v) is 32.0. The summed E-state index contributed by atoms with van der Waals surface area (Å²) in [4.78, 5) is 16.5. The van der Waals surface area contributed by atoms with Gasteiger partial charge in [0.05, 0.1) is 12.4 Å². The number of aromatic nitrogens is 2. The van der Waals surface area contributed by atoms with Gasteiger partial charge in [-0.25, -0.2) is 87.8 Å². The summed E-state index contributed by atoms with van der Waals surface area (Å²) in [6, 6.07) is 16.0. The number of rotatable bonds is 8. The Morgan fingerprint density at radius 2 is 0.731 bits per heavy atom. The van der Waals surface area contributed by atoms with Gasteiger partial charge < -0.3 is 5.11 Å². The van der Waals surface area contributed by atoms with E-state index in [9.17, 15) is 62.6 Å². The second-order valence-corrected chi connectivity index (χ2v) is 13.7. The molecule has 67 heavy (non-hydrogen) atoms. The Morgan fingerprint density at radius 3 is 1.04 bits per heavy atom. The van der Waals surface area contributed by atoms with Crippen LogP contribution in [0.2, 0.25) is 0 Å². The van der Waals surface area contributed by atoms with Crippen molar-refractivity contribution in [2.24, 2.45) is 0 Å². The monoisotopic (exact) mass is 970 g/mol. The van der Waals surface area contributed by atoms with Crippen LogP contribution in [0.15, 0.2) is 73.2 Å². The molecule has 1 aromatic heterocycles. The highest BCUT2D eigenvalue weighted by molar-refractivity contribution is 7.20. The molecule has 0 saturated carbocycles. The maximum Gasteiger partial charge on any atom is 0.231 e. The zero-order chi connectivity index (χ0) is 49.7. The van der Waals surface area contributed by atoms with Crippen molar-refractivity contribution < 1.29 is 102 Å². The molecule has 4 nitrogen and oxygen atoms in total. The van der Waals surface area contributed by atoms with Crippen LogP contribution in [-0.2, 0) is 6.54 Å². The Kier molecular flexibility index (Phi) is 13.5. The summed E-state index contributed by atoms with van der Waals surface area (Å²) in [5.74, 6) is -71.2. The molecule has 1 heterocycles. The van der Waals surface area contributed by atoms with E-state index in [4.69, 9.17) is 0 Å². The minimum absolute atomic E-state index is 0.0387. The van der Waals surface area contributed by atoms with Gasteiger partial charge in [-0.2, -0.15) is 4.57 Å². The van der Waals surface area contributed by atoms with Gasteiger partial charge in [0.2, 0.25) is 18.0 Å². The fourth-order valence-corrected chi connectivity index (χ4v) is 7.14. The number of ketones is 1. The smallest absolute Gasteiger partial charge is 0.231 e. The van der Waals surface area contributed by atoms with Gasteiger partial charge in [-0.3, -0.25) is 9.78 Å². The van der Waals surface area contributed by atoms with Crippen LogP contribution in [-0.4, -0.2) is 22.0 Å². The first-order valence-corrected chi connectivity index (χ1v) is 17.9. The van der Waals surface area contributed by atoms with Crippen LogP contribution in [0.3, 0.4) is 0 Å². The van der Waals surface area contributed by atoms with Crippen molar-refractivity contribution in [3.63, 3.8) is 0 Å². The number of benzene rings is 6. The Hall–Kier alpha value is -7.47. The second-order valence-electron chi connectivity index (χ2n) is 13.7. The van der Waals surface area contributed by atoms with Crippen molar-refractivity contribution in [2.45, 2.75) is 6.54 Å². The van der Waals surface area contributed by atoms with E-state index in [2.05, 4.69) is 4.98 Å². The number of carbonyl (C=O) groups excluding carboxylic acids is 1. The molecule has 6 aromatic carbocycles. The summed E-state index contributed by atoms with van der Waals surface area (Å²) >= 11 is 0. The van der Waals surface area contributed by atoms with Gasteiger partial charge in [-0.1, -0.05) is 30.3 Å². The number of aromatic hydroxyl groups is 1. The van der Waals surface area contributed by atoms with Crippen molar-refractivity contribution in [1.82, 2.24) is 4.98 Å². The first-order valence-electron chi connectivity index (χ1n) is 17.9. The molecule has 0 atom stereocenters. The maximum atomic E-state index is 15.4. The highest BCUT2D eigenvalue weighted by atomic mass is 19.2. The third-order valence-corrected chi connectivity index (χ3v) is 10.1. The van der Waals surface area contributed by atoms with Gasteiger partial charge in [-0.15, -0.1) is 21.9 Å². The van der Waals surface area contributed by atoms with Gasteiger partial charge in [0.25, 0.3) is 0 Å². The number of halogens is 20. The van der Waals surface area contributed by atoms with Crippen LogP contribution < -0.4 is 26.4 Å². The first-order chi connectivity index (χ1) is 31.4. The summed E-state index contributed by atoms with van der Waals surface area (Å²) in [5.41, 5.74) is -11.9. The van der Waals surface area contributed by atoms with Crippen molar-refractivity contribution in [3.8, 4) is 17.0 Å². The van der Waals surface area contributed by atoms with E-state index >= 15 is 35.1 Å². The molecule has 0 aliphatic heterocycles. The number of nitrogens with zero attached hydrogens (tertiary/aromatic N) is 2. The third-order valence-electron chi connectivity index (χ3n) is 10.1. The van der Waals surface area contributed by atoms with Gasteiger partial charge in [-0.05, 0) is 24.3 Å². The molecule has 0 amide bonds. The van der Waals surface area contributed by atoms with Gasteiger partial charge in [0, 0.05) is 11.1 Å². The molecule has 0 bridgehead atoms. The molecule has 0 unspecified atom stereocenters. The van der Waals surface area contributed by atoms with E-state index in [0.29, 0.717) is 5.56 Å². The van der Waals surface area contributed by atoms with Crippen LogP contribution in [0.25, 0.3) is 11.3 Å². The Bertz CT molecular complexity index is 2760. The van der Waals surface area contributed by atoms with Crippen molar-refractivity contribution in [1.29, 1.82) is 0 Å². The average Bonchev–Trinajstić information content (AvgIpc) is 3.32. The summed E-state index contributed by atoms with van der Waals surface area (Å²) in [6.07, 6.45) is -2.07. The minimum Gasteiger partial charge on any atom is -0.508 e. The van der Waals surface area contributed by atoms with E-state index in [0.717, 1.165) is 11.3 Å². The summed E-state index contributed by atoms with van der Waals surface area (Å²) in [6.45, 7) is 0.239. The quantitative estimate of drug-likeness (QED) is 0.0416. The molecule has 25 heteroatoms. The number of carbonyl (C=O) groups is 1. The fourth-order valence-electron chi connectivity index (χ4n) is 7.14. The van der Waals surface area contributed by atoms with Crippen LogP contribution in [0.1, 0.15) is 10.4 Å². The Balaban J connectivity index is 0.000000279.